The van der Waals surface area contributed by atoms with E-state index < -0.39 is 17.8 Å². The van der Waals surface area contributed by atoms with Gasteiger partial charge in [0.25, 0.3) is 5.91 Å². The van der Waals surface area contributed by atoms with Crippen LogP contribution in [0.5, 0.6) is 0 Å². The van der Waals surface area contributed by atoms with Crippen molar-refractivity contribution in [1.29, 1.82) is 0 Å². The highest BCUT2D eigenvalue weighted by Crippen LogP contribution is 2.18. The van der Waals surface area contributed by atoms with Gasteiger partial charge in [-0.3, -0.25) is 9.59 Å². The van der Waals surface area contributed by atoms with E-state index in [-0.39, 0.29) is 16.9 Å². The lowest BCUT2D eigenvalue weighted by molar-refractivity contribution is -0.140. The molecule has 2 N–H and O–H groups in total. The monoisotopic (exact) mass is 267 g/mol. The third-order valence-electron chi connectivity index (χ3n) is 2.57. The van der Waals surface area contributed by atoms with E-state index >= 15 is 0 Å². The number of halogens is 1. The minimum Gasteiger partial charge on any atom is -0.481 e. The number of rotatable bonds is 3. The molecule has 1 aromatic rings. The first kappa shape index (κ1) is 12.5. The van der Waals surface area contributed by atoms with Gasteiger partial charge >= 0.3 is 5.97 Å². The second-order valence-corrected chi connectivity index (χ2v) is 4.26. The number of carboxylic acids is 1. The maximum atomic E-state index is 11.8. The Morgan fingerprint density at radius 2 is 2.11 bits per heavy atom. The highest BCUT2D eigenvalue weighted by molar-refractivity contribution is 6.29. The number of nitrogens with one attached hydrogen (secondary N) is 1. The number of carbonyl (C=O) groups excluding carboxylic acids is 1. The standard InChI is InChI=1S/C11H10ClN3O3/c12-9-5-13-8(4-14-9)10(16)15-7-2-1-6(3-7)11(17)18/h1-2,4-7H,3H2,(H,15,16)(H,17,18). The number of hydrogen-bond acceptors (Lipinski definition) is 4. The van der Waals surface area contributed by atoms with Crippen molar-refractivity contribution < 1.29 is 14.7 Å². The van der Waals surface area contributed by atoms with Crippen LogP contribution in [0.3, 0.4) is 0 Å². The van der Waals surface area contributed by atoms with Crippen molar-refractivity contribution >= 4 is 23.5 Å². The molecule has 0 radical (unpaired) electrons. The van der Waals surface area contributed by atoms with Crippen molar-refractivity contribution in [3.05, 3.63) is 35.4 Å². The summed E-state index contributed by atoms with van der Waals surface area (Å²) in [6.45, 7) is 0. The molecular weight excluding hydrogens is 258 g/mol. The zero-order chi connectivity index (χ0) is 13.1. The fraction of sp³-hybridized carbons (Fsp3) is 0.273. The Hall–Kier alpha value is -1.95. The quantitative estimate of drug-likeness (QED) is 0.794. The molecule has 7 heteroatoms. The van der Waals surface area contributed by atoms with Crippen LogP contribution < -0.4 is 5.32 Å². The van der Waals surface area contributed by atoms with Gasteiger partial charge in [0.15, 0.2) is 0 Å². The number of carboxylic acid groups (broad SMARTS) is 1. The van der Waals surface area contributed by atoms with Gasteiger partial charge in [-0.1, -0.05) is 23.8 Å². The molecule has 0 aliphatic heterocycles. The fourth-order valence-corrected chi connectivity index (χ4v) is 1.76. The van der Waals surface area contributed by atoms with E-state index in [1.54, 1.807) is 12.2 Å². The van der Waals surface area contributed by atoms with Crippen molar-refractivity contribution in [3.63, 3.8) is 0 Å². The number of nitrogens with zero attached hydrogens (tertiary/aromatic N) is 2. The number of carbonyl (C=O) groups is 2. The number of amides is 1. The van der Waals surface area contributed by atoms with Gasteiger partial charge in [0.2, 0.25) is 0 Å². The summed E-state index contributed by atoms with van der Waals surface area (Å²) >= 11 is 5.56. The Labute approximate surface area is 108 Å². The summed E-state index contributed by atoms with van der Waals surface area (Å²) in [6.07, 6.45) is 6.13. The molecule has 1 aliphatic rings. The molecule has 1 amide bonds. The van der Waals surface area contributed by atoms with Crippen LogP contribution in [0.4, 0.5) is 0 Å². The second-order valence-electron chi connectivity index (χ2n) is 3.87. The van der Waals surface area contributed by atoms with Crippen LogP contribution in [0.1, 0.15) is 16.9 Å². The molecule has 1 heterocycles. The second kappa shape index (κ2) is 5.14. The Bertz CT molecular complexity index is 501. The van der Waals surface area contributed by atoms with E-state index in [4.69, 9.17) is 16.7 Å². The number of aliphatic carboxylic acids is 1. The first-order chi connectivity index (χ1) is 8.56. The Morgan fingerprint density at radius 1 is 1.33 bits per heavy atom. The smallest absolute Gasteiger partial charge is 0.310 e. The fourth-order valence-electron chi connectivity index (χ4n) is 1.66. The summed E-state index contributed by atoms with van der Waals surface area (Å²) in [5.41, 5.74) is 0.145. The highest BCUT2D eigenvalue weighted by atomic mass is 35.5. The van der Waals surface area contributed by atoms with Crippen LogP contribution >= 0.6 is 11.6 Å². The molecule has 2 atom stereocenters. The zero-order valence-electron chi connectivity index (χ0n) is 9.21. The first-order valence-corrected chi connectivity index (χ1v) is 5.63. The van der Waals surface area contributed by atoms with Gasteiger partial charge in [-0.05, 0) is 6.42 Å². The van der Waals surface area contributed by atoms with E-state index in [0.717, 1.165) is 0 Å². The molecule has 0 bridgehead atoms. The van der Waals surface area contributed by atoms with Crippen LogP contribution in [0.25, 0.3) is 0 Å². The molecule has 6 nitrogen and oxygen atoms in total. The predicted molar refractivity (Wildman–Crippen MR) is 63.2 cm³/mol. The topological polar surface area (TPSA) is 92.2 Å². The molecule has 1 aromatic heterocycles. The van der Waals surface area contributed by atoms with Crippen LogP contribution in [0, 0.1) is 5.92 Å². The summed E-state index contributed by atoms with van der Waals surface area (Å²) in [5, 5.41) is 11.7. The van der Waals surface area contributed by atoms with Gasteiger partial charge in [-0.25, -0.2) is 9.97 Å². The molecule has 0 saturated heterocycles. The summed E-state index contributed by atoms with van der Waals surface area (Å²) < 4.78 is 0. The lowest BCUT2D eigenvalue weighted by atomic mass is 10.1. The van der Waals surface area contributed by atoms with E-state index in [1.165, 1.54) is 12.4 Å². The third-order valence-corrected chi connectivity index (χ3v) is 2.77. The molecule has 0 spiro atoms. The zero-order valence-corrected chi connectivity index (χ0v) is 9.96. The maximum Gasteiger partial charge on any atom is 0.310 e. The van der Waals surface area contributed by atoms with E-state index in [2.05, 4.69) is 15.3 Å². The van der Waals surface area contributed by atoms with E-state index in [9.17, 15) is 9.59 Å². The van der Waals surface area contributed by atoms with E-state index in [1.807, 2.05) is 0 Å². The Morgan fingerprint density at radius 3 is 2.67 bits per heavy atom. The maximum absolute atomic E-state index is 11.8. The van der Waals surface area contributed by atoms with Gasteiger partial charge < -0.3 is 10.4 Å². The average Bonchev–Trinajstić information content (AvgIpc) is 2.78. The lowest BCUT2D eigenvalue weighted by Gasteiger charge is -2.11. The minimum absolute atomic E-state index is 0.145. The normalized spacial score (nSPS) is 21.8. The first-order valence-electron chi connectivity index (χ1n) is 5.26. The van der Waals surface area contributed by atoms with Gasteiger partial charge in [0.1, 0.15) is 10.8 Å². The van der Waals surface area contributed by atoms with Crippen LogP contribution in [-0.4, -0.2) is 33.0 Å². The van der Waals surface area contributed by atoms with Crippen LogP contribution in [0.2, 0.25) is 5.15 Å². The van der Waals surface area contributed by atoms with Crippen molar-refractivity contribution in [2.45, 2.75) is 12.5 Å². The van der Waals surface area contributed by atoms with Gasteiger partial charge in [-0.2, -0.15) is 0 Å². The highest BCUT2D eigenvalue weighted by Gasteiger charge is 2.25. The molecule has 94 valence electrons. The van der Waals surface area contributed by atoms with Gasteiger partial charge in [-0.15, -0.1) is 0 Å². The minimum atomic E-state index is -0.894. The predicted octanol–water partition coefficient (Wildman–Crippen LogP) is 0.889. The molecule has 2 unspecified atom stereocenters. The third kappa shape index (κ3) is 2.84. The summed E-state index contributed by atoms with van der Waals surface area (Å²) in [7, 11) is 0. The summed E-state index contributed by atoms with van der Waals surface area (Å²) in [5.74, 6) is -1.85. The molecular formula is C11H10ClN3O3. The molecule has 2 rings (SSSR count). The Balaban J connectivity index is 1.95. The largest absolute Gasteiger partial charge is 0.481 e. The van der Waals surface area contributed by atoms with Gasteiger partial charge in [0, 0.05) is 6.04 Å². The average molecular weight is 268 g/mol. The summed E-state index contributed by atoms with van der Waals surface area (Å²) in [4.78, 5) is 30.1. The van der Waals surface area contributed by atoms with Crippen molar-refractivity contribution in [1.82, 2.24) is 15.3 Å². The lowest BCUT2D eigenvalue weighted by Crippen LogP contribution is -2.33. The van der Waals surface area contributed by atoms with Crippen molar-refractivity contribution in [2.75, 3.05) is 0 Å². The van der Waals surface area contributed by atoms with Crippen LogP contribution in [0.15, 0.2) is 24.5 Å². The molecule has 1 aliphatic carbocycles. The number of hydrogen-bond donors (Lipinski definition) is 2. The van der Waals surface area contributed by atoms with E-state index in [0.29, 0.717) is 6.42 Å². The van der Waals surface area contributed by atoms with Gasteiger partial charge in [0.05, 0.1) is 18.3 Å². The number of aromatic nitrogens is 2. The molecule has 0 saturated carbocycles. The molecule has 18 heavy (non-hydrogen) atoms. The van der Waals surface area contributed by atoms with Crippen molar-refractivity contribution in [3.8, 4) is 0 Å². The molecule has 0 aromatic carbocycles. The Kier molecular flexibility index (Phi) is 3.57. The molecule has 0 fully saturated rings. The summed E-state index contributed by atoms with van der Waals surface area (Å²) in [6, 6.07) is -0.295. The SMILES string of the molecule is O=C(NC1C=CC(C(=O)O)C1)c1cnc(Cl)cn1. The van der Waals surface area contributed by atoms with Crippen molar-refractivity contribution in [2.24, 2.45) is 5.92 Å². The van der Waals surface area contributed by atoms with Crippen LogP contribution in [-0.2, 0) is 4.79 Å².